The number of hydrogen-bond donors (Lipinski definition) is 0. The van der Waals surface area contributed by atoms with Crippen LogP contribution in [0, 0.1) is 0 Å². The van der Waals surface area contributed by atoms with E-state index in [1.54, 1.807) is 0 Å². The second-order valence-electron chi connectivity index (χ2n) is 3.81. The summed E-state index contributed by atoms with van der Waals surface area (Å²) in [6.07, 6.45) is 0.594. The van der Waals surface area contributed by atoms with Crippen molar-refractivity contribution in [3.05, 3.63) is 0 Å². The monoisotopic (exact) mass is 184 g/mol. The van der Waals surface area contributed by atoms with Gasteiger partial charge >= 0.3 is 5.97 Å². The first-order valence-electron chi connectivity index (χ1n) is 4.54. The summed E-state index contributed by atoms with van der Waals surface area (Å²) in [7, 11) is 2.01. The van der Waals surface area contributed by atoms with E-state index in [1.165, 1.54) is 6.92 Å². The zero-order valence-electron chi connectivity index (χ0n) is 7.91. The topological polar surface area (TPSA) is 44.8 Å². The van der Waals surface area contributed by atoms with Gasteiger partial charge in [-0.05, 0) is 6.42 Å². The molecule has 0 N–H and O–H groups in total. The third-order valence-electron chi connectivity index (χ3n) is 2.73. The van der Waals surface area contributed by atoms with Crippen molar-refractivity contribution >= 4 is 13.8 Å². The standard InChI is InChI=1S/C8H13BO4/c1-5(10)13-6-4-12-8(9)2-3-11-7(6)8/h6-7H,2-4,9H2,1H3/t6-,7+,8+/m0/s1. The normalized spacial score (nSPS) is 43.2. The van der Waals surface area contributed by atoms with Crippen molar-refractivity contribution < 1.29 is 19.0 Å². The van der Waals surface area contributed by atoms with Gasteiger partial charge in [-0.1, -0.05) is 0 Å². The van der Waals surface area contributed by atoms with Crippen LogP contribution in [0.25, 0.3) is 0 Å². The lowest BCUT2D eigenvalue weighted by Gasteiger charge is -2.22. The molecule has 0 aromatic rings. The number of hydrogen-bond acceptors (Lipinski definition) is 4. The molecule has 0 unspecified atom stereocenters. The Morgan fingerprint density at radius 3 is 3.15 bits per heavy atom. The lowest BCUT2D eigenvalue weighted by molar-refractivity contribution is -0.150. The van der Waals surface area contributed by atoms with Crippen molar-refractivity contribution in [3.8, 4) is 0 Å². The summed E-state index contributed by atoms with van der Waals surface area (Å²) in [6.45, 7) is 2.56. The van der Waals surface area contributed by atoms with Gasteiger partial charge in [-0.3, -0.25) is 4.79 Å². The van der Waals surface area contributed by atoms with E-state index in [2.05, 4.69) is 0 Å². The van der Waals surface area contributed by atoms with Crippen LogP contribution in [0.2, 0.25) is 0 Å². The number of esters is 1. The zero-order chi connectivity index (χ0) is 9.47. The largest absolute Gasteiger partial charge is 0.457 e. The molecule has 5 heteroatoms. The minimum Gasteiger partial charge on any atom is -0.457 e. The van der Waals surface area contributed by atoms with Crippen molar-refractivity contribution in [1.29, 1.82) is 0 Å². The maximum absolute atomic E-state index is 10.8. The Morgan fingerprint density at radius 2 is 2.46 bits per heavy atom. The zero-order valence-corrected chi connectivity index (χ0v) is 7.91. The van der Waals surface area contributed by atoms with E-state index in [4.69, 9.17) is 14.2 Å². The predicted molar refractivity (Wildman–Crippen MR) is 47.1 cm³/mol. The first-order valence-corrected chi connectivity index (χ1v) is 4.54. The quantitative estimate of drug-likeness (QED) is 0.390. The number of carbonyl (C=O) groups is 1. The van der Waals surface area contributed by atoms with Crippen molar-refractivity contribution in [1.82, 2.24) is 0 Å². The minimum atomic E-state index is -0.270. The van der Waals surface area contributed by atoms with Crippen molar-refractivity contribution in [2.75, 3.05) is 13.2 Å². The van der Waals surface area contributed by atoms with E-state index in [0.29, 0.717) is 13.2 Å². The number of rotatable bonds is 1. The molecule has 0 aliphatic carbocycles. The molecular weight excluding hydrogens is 171 g/mol. The Morgan fingerprint density at radius 1 is 1.69 bits per heavy atom. The molecule has 2 rings (SSSR count). The Balaban J connectivity index is 2.05. The molecular formula is C8H13BO4. The third kappa shape index (κ3) is 1.46. The van der Waals surface area contributed by atoms with E-state index in [1.807, 2.05) is 7.85 Å². The van der Waals surface area contributed by atoms with Crippen molar-refractivity contribution in [3.63, 3.8) is 0 Å². The summed E-state index contributed by atoms with van der Waals surface area (Å²) in [6, 6.07) is 0. The second-order valence-corrected chi connectivity index (χ2v) is 3.81. The molecule has 0 bridgehead atoms. The number of ether oxygens (including phenoxy) is 3. The lowest BCUT2D eigenvalue weighted by Crippen LogP contribution is -2.40. The van der Waals surface area contributed by atoms with Crippen LogP contribution >= 0.6 is 0 Å². The minimum absolute atomic E-state index is 0.0728. The smallest absolute Gasteiger partial charge is 0.303 e. The van der Waals surface area contributed by atoms with E-state index in [9.17, 15) is 4.79 Å². The van der Waals surface area contributed by atoms with Crippen molar-refractivity contribution in [2.45, 2.75) is 31.1 Å². The first-order chi connectivity index (χ1) is 6.12. The van der Waals surface area contributed by atoms with Crippen LogP contribution in [-0.2, 0) is 19.0 Å². The maximum Gasteiger partial charge on any atom is 0.303 e. The average Bonchev–Trinajstić information content (AvgIpc) is 2.50. The molecule has 0 saturated carbocycles. The van der Waals surface area contributed by atoms with Gasteiger partial charge in [0, 0.05) is 13.5 Å². The Labute approximate surface area is 77.9 Å². The van der Waals surface area contributed by atoms with E-state index >= 15 is 0 Å². The van der Waals surface area contributed by atoms with Crippen LogP contribution in [0.4, 0.5) is 0 Å². The molecule has 2 heterocycles. The molecule has 3 atom stereocenters. The summed E-state index contributed by atoms with van der Waals surface area (Å²) in [5, 5.41) is 0. The molecule has 0 aromatic carbocycles. The van der Waals surface area contributed by atoms with Gasteiger partial charge in [0.1, 0.15) is 14.0 Å². The fourth-order valence-corrected chi connectivity index (χ4v) is 2.03. The summed E-state index contributed by atoms with van der Waals surface area (Å²) >= 11 is 0. The van der Waals surface area contributed by atoms with Crippen LogP contribution in [0.1, 0.15) is 13.3 Å². The van der Waals surface area contributed by atoms with Gasteiger partial charge in [-0.15, -0.1) is 0 Å². The maximum atomic E-state index is 10.8. The SMILES string of the molecule is B[C@@]12CCO[C@@H]1[C@@H](OC(C)=O)CO2. The van der Waals surface area contributed by atoms with Gasteiger partial charge in [0.15, 0.2) is 6.10 Å². The van der Waals surface area contributed by atoms with Gasteiger partial charge < -0.3 is 14.2 Å². The van der Waals surface area contributed by atoms with E-state index in [0.717, 1.165) is 6.42 Å². The Bertz CT molecular complexity index is 232. The highest BCUT2D eigenvalue weighted by Crippen LogP contribution is 2.35. The van der Waals surface area contributed by atoms with E-state index < -0.39 is 0 Å². The Kier molecular flexibility index (Phi) is 2.08. The number of fused-ring (bicyclic) bond motifs is 1. The molecule has 2 fully saturated rings. The van der Waals surface area contributed by atoms with Crippen LogP contribution < -0.4 is 0 Å². The fraction of sp³-hybridized carbons (Fsp3) is 0.875. The summed E-state index contributed by atoms with van der Waals surface area (Å²) in [5.41, 5.74) is -0.236. The average molecular weight is 184 g/mol. The van der Waals surface area contributed by atoms with Gasteiger partial charge in [0.05, 0.1) is 12.1 Å². The van der Waals surface area contributed by atoms with Gasteiger partial charge in [0.25, 0.3) is 0 Å². The summed E-state index contributed by atoms with van der Waals surface area (Å²) in [4.78, 5) is 10.8. The van der Waals surface area contributed by atoms with Crippen LogP contribution in [0.15, 0.2) is 0 Å². The highest BCUT2D eigenvalue weighted by Gasteiger charge is 2.52. The lowest BCUT2D eigenvalue weighted by atomic mass is 9.76. The van der Waals surface area contributed by atoms with Gasteiger partial charge in [0.2, 0.25) is 0 Å². The molecule has 2 aliphatic rings. The first kappa shape index (κ1) is 9.03. The highest BCUT2D eigenvalue weighted by molar-refractivity contribution is 6.15. The second kappa shape index (κ2) is 2.99. The highest BCUT2D eigenvalue weighted by atomic mass is 16.6. The molecule has 13 heavy (non-hydrogen) atoms. The summed E-state index contributed by atoms with van der Waals surface area (Å²) < 4.78 is 16.2. The molecule has 0 amide bonds. The van der Waals surface area contributed by atoms with Crippen LogP contribution in [0.3, 0.4) is 0 Å². The Hall–Kier alpha value is -0.545. The van der Waals surface area contributed by atoms with Gasteiger partial charge in [-0.2, -0.15) is 0 Å². The molecule has 2 saturated heterocycles. The van der Waals surface area contributed by atoms with Gasteiger partial charge in [-0.25, -0.2) is 0 Å². The molecule has 72 valence electrons. The fourth-order valence-electron chi connectivity index (χ4n) is 2.03. The predicted octanol–water partition coefficient (Wildman–Crippen LogP) is -0.933. The molecule has 0 aromatic heterocycles. The van der Waals surface area contributed by atoms with E-state index in [-0.39, 0.29) is 23.7 Å². The molecule has 4 nitrogen and oxygen atoms in total. The molecule has 2 aliphatic heterocycles. The van der Waals surface area contributed by atoms with Crippen LogP contribution in [0.5, 0.6) is 0 Å². The molecule has 0 spiro atoms. The summed E-state index contributed by atoms with van der Waals surface area (Å²) in [5.74, 6) is -0.270. The van der Waals surface area contributed by atoms with Crippen LogP contribution in [-0.4, -0.2) is 44.7 Å². The molecule has 0 radical (unpaired) electrons. The van der Waals surface area contributed by atoms with Crippen molar-refractivity contribution in [2.24, 2.45) is 0 Å². The number of carbonyl (C=O) groups excluding carboxylic acids is 1. The third-order valence-corrected chi connectivity index (χ3v) is 2.73.